The normalized spacial score (nSPS) is 25.8. The molecule has 1 aliphatic heterocycles. The number of methoxy groups -OCH3 is 1. The second-order valence-electron chi connectivity index (χ2n) is 6.10. The van der Waals surface area contributed by atoms with Crippen LogP contribution < -0.4 is 10.6 Å². The van der Waals surface area contributed by atoms with Crippen LogP contribution in [0.3, 0.4) is 0 Å². The minimum atomic E-state index is -0.405. The SMILES string of the molecule is COC(=O)c1cc(N)cc(Cl)c1N1CC(C)CC(C)C1C. The van der Waals surface area contributed by atoms with Crippen molar-refractivity contribution < 1.29 is 9.53 Å². The van der Waals surface area contributed by atoms with Gasteiger partial charge in [-0.1, -0.05) is 25.4 Å². The van der Waals surface area contributed by atoms with Crippen LogP contribution >= 0.6 is 11.6 Å². The Kier molecular flexibility index (Phi) is 4.67. The molecule has 1 saturated heterocycles. The van der Waals surface area contributed by atoms with Crippen LogP contribution in [-0.4, -0.2) is 25.7 Å². The number of ether oxygens (including phenoxy) is 1. The van der Waals surface area contributed by atoms with E-state index in [2.05, 4.69) is 25.7 Å². The minimum Gasteiger partial charge on any atom is -0.465 e. The van der Waals surface area contributed by atoms with Gasteiger partial charge in [-0.3, -0.25) is 0 Å². The second-order valence-corrected chi connectivity index (χ2v) is 6.51. The van der Waals surface area contributed by atoms with E-state index in [1.54, 1.807) is 12.1 Å². The first-order valence-electron chi connectivity index (χ1n) is 7.29. The highest BCUT2D eigenvalue weighted by Gasteiger charge is 2.32. The maximum Gasteiger partial charge on any atom is 0.340 e. The van der Waals surface area contributed by atoms with E-state index in [1.165, 1.54) is 13.5 Å². The van der Waals surface area contributed by atoms with Gasteiger partial charge < -0.3 is 15.4 Å². The predicted molar refractivity (Wildman–Crippen MR) is 87.0 cm³/mol. The standard InChI is InChI=1S/C16H23ClN2O2/c1-9-5-10(2)11(3)19(8-9)15-13(16(20)21-4)6-12(18)7-14(15)17/h6-7,9-11H,5,8,18H2,1-4H3. The molecular weight excluding hydrogens is 288 g/mol. The van der Waals surface area contributed by atoms with E-state index in [0.29, 0.717) is 34.2 Å². The van der Waals surface area contributed by atoms with Crippen LogP contribution in [0, 0.1) is 11.8 Å². The fraction of sp³-hybridized carbons (Fsp3) is 0.562. The molecule has 0 spiro atoms. The lowest BCUT2D eigenvalue weighted by molar-refractivity contribution is 0.0601. The van der Waals surface area contributed by atoms with Crippen LogP contribution in [-0.2, 0) is 4.74 Å². The van der Waals surface area contributed by atoms with Gasteiger partial charge in [-0.05, 0) is 37.3 Å². The van der Waals surface area contributed by atoms with Crippen LogP contribution in [0.2, 0.25) is 5.02 Å². The van der Waals surface area contributed by atoms with Gasteiger partial charge in [0.05, 0.1) is 23.4 Å². The van der Waals surface area contributed by atoms with Crippen molar-refractivity contribution in [1.82, 2.24) is 0 Å². The Morgan fingerprint density at radius 3 is 2.67 bits per heavy atom. The number of anilines is 2. The molecule has 1 fully saturated rings. The predicted octanol–water partition coefficient (Wildman–Crippen LogP) is 3.58. The molecule has 0 amide bonds. The lowest BCUT2D eigenvalue weighted by atomic mass is 9.85. The Morgan fingerprint density at radius 1 is 1.38 bits per heavy atom. The molecule has 2 rings (SSSR count). The summed E-state index contributed by atoms with van der Waals surface area (Å²) in [4.78, 5) is 14.3. The van der Waals surface area contributed by atoms with Gasteiger partial charge in [0, 0.05) is 18.3 Å². The number of benzene rings is 1. The number of halogens is 1. The van der Waals surface area contributed by atoms with Crippen molar-refractivity contribution in [1.29, 1.82) is 0 Å². The molecule has 21 heavy (non-hydrogen) atoms. The number of hydrogen-bond acceptors (Lipinski definition) is 4. The van der Waals surface area contributed by atoms with Crippen LogP contribution in [0.1, 0.15) is 37.6 Å². The number of nitrogens with zero attached hydrogens (tertiary/aromatic N) is 1. The number of carbonyl (C=O) groups excluding carboxylic acids is 1. The molecule has 0 radical (unpaired) electrons. The molecule has 0 saturated carbocycles. The number of esters is 1. The average molecular weight is 311 g/mol. The largest absolute Gasteiger partial charge is 0.465 e. The molecule has 0 aliphatic carbocycles. The van der Waals surface area contributed by atoms with Crippen molar-refractivity contribution in [2.45, 2.75) is 33.2 Å². The van der Waals surface area contributed by atoms with Gasteiger partial charge in [0.25, 0.3) is 0 Å². The van der Waals surface area contributed by atoms with Crippen LogP contribution in [0.25, 0.3) is 0 Å². The quantitative estimate of drug-likeness (QED) is 0.670. The number of nitrogens with two attached hydrogens (primary N) is 1. The fourth-order valence-electron chi connectivity index (χ4n) is 3.19. The van der Waals surface area contributed by atoms with Crippen molar-refractivity contribution in [2.75, 3.05) is 24.3 Å². The van der Waals surface area contributed by atoms with Crippen molar-refractivity contribution >= 4 is 28.9 Å². The van der Waals surface area contributed by atoms with E-state index in [0.717, 1.165) is 12.2 Å². The number of piperidine rings is 1. The van der Waals surface area contributed by atoms with Crippen molar-refractivity contribution in [2.24, 2.45) is 11.8 Å². The third kappa shape index (κ3) is 3.10. The van der Waals surface area contributed by atoms with E-state index in [9.17, 15) is 4.79 Å². The molecule has 4 nitrogen and oxygen atoms in total. The highest BCUT2D eigenvalue weighted by atomic mass is 35.5. The zero-order valence-electron chi connectivity index (χ0n) is 13.0. The summed E-state index contributed by atoms with van der Waals surface area (Å²) in [6.07, 6.45) is 1.18. The van der Waals surface area contributed by atoms with Gasteiger partial charge in [0.15, 0.2) is 0 Å². The maximum absolute atomic E-state index is 12.1. The van der Waals surface area contributed by atoms with Gasteiger partial charge in [-0.15, -0.1) is 0 Å². The van der Waals surface area contributed by atoms with Crippen molar-refractivity contribution in [3.63, 3.8) is 0 Å². The van der Waals surface area contributed by atoms with Crippen molar-refractivity contribution in [3.8, 4) is 0 Å². The molecular formula is C16H23ClN2O2. The summed E-state index contributed by atoms with van der Waals surface area (Å²) in [6.45, 7) is 7.50. The minimum absolute atomic E-state index is 0.311. The molecule has 3 unspecified atom stereocenters. The first kappa shape index (κ1) is 16.0. The van der Waals surface area contributed by atoms with E-state index in [4.69, 9.17) is 22.1 Å². The van der Waals surface area contributed by atoms with E-state index >= 15 is 0 Å². The Labute approximate surface area is 131 Å². The number of hydrogen-bond donors (Lipinski definition) is 1. The van der Waals surface area contributed by atoms with Crippen LogP contribution in [0.5, 0.6) is 0 Å². The number of carbonyl (C=O) groups is 1. The van der Waals surface area contributed by atoms with Gasteiger partial charge in [0.2, 0.25) is 0 Å². The van der Waals surface area contributed by atoms with E-state index in [-0.39, 0.29) is 0 Å². The van der Waals surface area contributed by atoms with Gasteiger partial charge in [0.1, 0.15) is 0 Å². The first-order valence-corrected chi connectivity index (χ1v) is 7.66. The Hall–Kier alpha value is -1.42. The molecule has 0 aromatic heterocycles. The molecule has 1 aromatic carbocycles. The van der Waals surface area contributed by atoms with Gasteiger partial charge in [-0.25, -0.2) is 4.79 Å². The summed E-state index contributed by atoms with van der Waals surface area (Å²) in [6, 6.07) is 3.65. The van der Waals surface area contributed by atoms with Gasteiger partial charge in [-0.2, -0.15) is 0 Å². The smallest absolute Gasteiger partial charge is 0.340 e. The third-order valence-corrected chi connectivity index (χ3v) is 4.66. The highest BCUT2D eigenvalue weighted by molar-refractivity contribution is 6.34. The Balaban J connectivity index is 2.53. The number of nitrogen functional groups attached to an aromatic ring is 1. The second kappa shape index (κ2) is 6.14. The summed E-state index contributed by atoms with van der Waals surface area (Å²) in [5.41, 5.74) is 7.48. The highest BCUT2D eigenvalue weighted by Crippen LogP contribution is 2.39. The average Bonchev–Trinajstić information content (AvgIpc) is 2.41. The van der Waals surface area contributed by atoms with Crippen LogP contribution in [0.4, 0.5) is 11.4 Å². The summed E-state index contributed by atoms with van der Waals surface area (Å²) in [5.74, 6) is 0.681. The topological polar surface area (TPSA) is 55.6 Å². The molecule has 2 N–H and O–H groups in total. The molecule has 5 heteroatoms. The van der Waals surface area contributed by atoms with Crippen molar-refractivity contribution in [3.05, 3.63) is 22.7 Å². The molecule has 1 aromatic rings. The third-order valence-electron chi connectivity index (χ3n) is 4.38. The van der Waals surface area contributed by atoms with Gasteiger partial charge >= 0.3 is 5.97 Å². The first-order chi connectivity index (χ1) is 9.85. The summed E-state index contributed by atoms with van der Waals surface area (Å²) < 4.78 is 4.89. The van der Waals surface area contributed by atoms with E-state index in [1.807, 2.05) is 0 Å². The lowest BCUT2D eigenvalue weighted by Crippen LogP contribution is -2.46. The maximum atomic E-state index is 12.1. The van der Waals surface area contributed by atoms with Crippen LogP contribution in [0.15, 0.2) is 12.1 Å². The molecule has 1 aliphatic rings. The monoisotopic (exact) mass is 310 g/mol. The molecule has 3 atom stereocenters. The zero-order chi connectivity index (χ0) is 15.7. The van der Waals surface area contributed by atoms with E-state index < -0.39 is 5.97 Å². The Bertz CT molecular complexity index is 547. The number of rotatable bonds is 2. The molecule has 1 heterocycles. The summed E-state index contributed by atoms with van der Waals surface area (Å²) in [7, 11) is 1.37. The Morgan fingerprint density at radius 2 is 2.05 bits per heavy atom. The molecule has 0 bridgehead atoms. The zero-order valence-corrected chi connectivity index (χ0v) is 13.8. The lowest BCUT2D eigenvalue weighted by Gasteiger charge is -2.43. The summed E-state index contributed by atoms with van der Waals surface area (Å²) >= 11 is 6.40. The molecule has 116 valence electrons. The fourth-order valence-corrected chi connectivity index (χ4v) is 3.52. The summed E-state index contributed by atoms with van der Waals surface area (Å²) in [5, 5.41) is 0.503.